The van der Waals surface area contributed by atoms with Gasteiger partial charge in [-0.15, -0.1) is 0 Å². The molecule has 0 aliphatic rings. The molecule has 146 valence electrons. The van der Waals surface area contributed by atoms with Crippen LogP contribution >= 0.6 is 0 Å². The van der Waals surface area contributed by atoms with Gasteiger partial charge in [0.25, 0.3) is 0 Å². The third kappa shape index (κ3) is 5.36. The Morgan fingerprint density at radius 1 is 0.964 bits per heavy atom. The summed E-state index contributed by atoms with van der Waals surface area (Å²) in [5.41, 5.74) is 2.07. The Kier molecular flexibility index (Phi) is 6.68. The summed E-state index contributed by atoms with van der Waals surface area (Å²) in [5, 5.41) is 2.93. The molecule has 0 spiro atoms. The molecule has 0 aliphatic heterocycles. The Hall–Kier alpha value is -3.28. The predicted molar refractivity (Wildman–Crippen MR) is 107 cm³/mol. The molecule has 0 aliphatic carbocycles. The molecule has 3 aromatic rings. The van der Waals surface area contributed by atoms with Gasteiger partial charge in [0, 0.05) is 24.9 Å². The molecule has 0 radical (unpaired) electrons. The third-order valence-electron chi connectivity index (χ3n) is 4.39. The minimum atomic E-state index is -0.0160. The van der Waals surface area contributed by atoms with E-state index in [4.69, 9.17) is 13.9 Å². The highest BCUT2D eigenvalue weighted by Crippen LogP contribution is 2.23. The second-order valence-electron chi connectivity index (χ2n) is 6.29. The fraction of sp³-hybridized carbons (Fsp3) is 0.273. The lowest BCUT2D eigenvalue weighted by atomic mass is 10.1. The largest absolute Gasteiger partial charge is 0.497 e. The van der Waals surface area contributed by atoms with Crippen LogP contribution < -0.4 is 14.8 Å². The number of nitrogens with one attached hydrogen (secondary N) is 1. The highest BCUT2D eigenvalue weighted by atomic mass is 16.5. The fourth-order valence-corrected chi connectivity index (χ4v) is 2.76. The lowest BCUT2D eigenvalue weighted by Crippen LogP contribution is -2.25. The van der Waals surface area contributed by atoms with Gasteiger partial charge in [-0.3, -0.25) is 4.79 Å². The van der Waals surface area contributed by atoms with E-state index < -0.39 is 0 Å². The molecule has 0 saturated heterocycles. The van der Waals surface area contributed by atoms with Crippen LogP contribution in [-0.2, 0) is 17.6 Å². The first-order chi connectivity index (χ1) is 13.7. The van der Waals surface area contributed by atoms with Gasteiger partial charge >= 0.3 is 0 Å². The lowest BCUT2D eigenvalue weighted by molar-refractivity contribution is -0.121. The number of methoxy groups -OCH3 is 2. The van der Waals surface area contributed by atoms with Crippen LogP contribution in [0.2, 0.25) is 0 Å². The molecule has 1 amide bonds. The van der Waals surface area contributed by atoms with Crippen LogP contribution in [0.5, 0.6) is 11.5 Å². The van der Waals surface area contributed by atoms with E-state index in [0.717, 1.165) is 29.0 Å². The highest BCUT2D eigenvalue weighted by molar-refractivity contribution is 5.76. The number of hydrogen-bond acceptors (Lipinski definition) is 5. The Bertz CT molecular complexity index is 886. The first-order valence-corrected chi connectivity index (χ1v) is 9.16. The number of oxazole rings is 1. The van der Waals surface area contributed by atoms with Gasteiger partial charge in [-0.05, 0) is 48.4 Å². The van der Waals surface area contributed by atoms with E-state index in [1.807, 2.05) is 48.5 Å². The minimum Gasteiger partial charge on any atom is -0.497 e. The molecule has 0 atom stereocenters. The molecular formula is C22H24N2O4. The molecule has 0 unspecified atom stereocenters. The molecule has 0 bridgehead atoms. The van der Waals surface area contributed by atoms with Crippen LogP contribution in [0.15, 0.2) is 59.1 Å². The molecule has 28 heavy (non-hydrogen) atoms. The Balaban J connectivity index is 1.42. The van der Waals surface area contributed by atoms with Crippen molar-refractivity contribution in [2.24, 2.45) is 0 Å². The number of carbonyl (C=O) groups excluding carboxylic acids is 1. The minimum absolute atomic E-state index is 0.0160. The van der Waals surface area contributed by atoms with Gasteiger partial charge in [0.1, 0.15) is 11.5 Å². The van der Waals surface area contributed by atoms with E-state index in [1.54, 1.807) is 20.4 Å². The van der Waals surface area contributed by atoms with E-state index >= 15 is 0 Å². The normalized spacial score (nSPS) is 10.5. The number of ether oxygens (including phenoxy) is 2. The Morgan fingerprint density at radius 2 is 1.61 bits per heavy atom. The molecule has 2 aromatic carbocycles. The first kappa shape index (κ1) is 19.5. The number of nitrogens with zero attached hydrogens (tertiary/aromatic N) is 1. The maximum atomic E-state index is 12.0. The second-order valence-corrected chi connectivity index (χ2v) is 6.29. The fourth-order valence-electron chi connectivity index (χ4n) is 2.76. The summed E-state index contributed by atoms with van der Waals surface area (Å²) in [6, 6.07) is 15.4. The van der Waals surface area contributed by atoms with E-state index in [9.17, 15) is 4.79 Å². The number of benzene rings is 2. The number of hydrogen-bond donors (Lipinski definition) is 1. The number of carbonyl (C=O) groups is 1. The van der Waals surface area contributed by atoms with E-state index in [1.165, 1.54) is 0 Å². The zero-order valence-corrected chi connectivity index (χ0v) is 16.1. The standard InChI is InChI=1S/C22H24N2O4/c1-26-18-7-3-16(4-8-18)13-14-23-21(25)11-12-22-24-15-20(28-22)17-5-9-19(27-2)10-6-17/h3-10,15H,11-14H2,1-2H3,(H,23,25). The van der Waals surface area contributed by atoms with Crippen LogP contribution in [0.4, 0.5) is 0 Å². The third-order valence-corrected chi connectivity index (χ3v) is 4.39. The molecular weight excluding hydrogens is 356 g/mol. The summed E-state index contributed by atoms with van der Waals surface area (Å²) < 4.78 is 16.0. The first-order valence-electron chi connectivity index (χ1n) is 9.16. The summed E-state index contributed by atoms with van der Waals surface area (Å²) in [5.74, 6) is 2.83. The zero-order chi connectivity index (χ0) is 19.8. The zero-order valence-electron chi connectivity index (χ0n) is 16.1. The smallest absolute Gasteiger partial charge is 0.220 e. The monoisotopic (exact) mass is 380 g/mol. The Labute approximate surface area is 164 Å². The van der Waals surface area contributed by atoms with Gasteiger partial charge in [-0.25, -0.2) is 4.98 Å². The summed E-state index contributed by atoms with van der Waals surface area (Å²) >= 11 is 0. The highest BCUT2D eigenvalue weighted by Gasteiger charge is 2.09. The molecule has 6 nitrogen and oxygen atoms in total. The molecule has 1 N–H and O–H groups in total. The molecule has 6 heteroatoms. The van der Waals surface area contributed by atoms with Gasteiger partial charge in [-0.2, -0.15) is 0 Å². The second kappa shape index (κ2) is 9.60. The number of amides is 1. The van der Waals surface area contributed by atoms with Crippen molar-refractivity contribution in [1.29, 1.82) is 0 Å². The maximum absolute atomic E-state index is 12.0. The van der Waals surface area contributed by atoms with Crippen LogP contribution in [0, 0.1) is 0 Å². The van der Waals surface area contributed by atoms with E-state index in [2.05, 4.69) is 10.3 Å². The van der Waals surface area contributed by atoms with Crippen molar-refractivity contribution >= 4 is 5.91 Å². The van der Waals surface area contributed by atoms with Gasteiger partial charge in [0.05, 0.1) is 20.4 Å². The van der Waals surface area contributed by atoms with Crippen molar-refractivity contribution in [3.05, 3.63) is 66.2 Å². The van der Waals surface area contributed by atoms with Gasteiger partial charge in [0.15, 0.2) is 11.7 Å². The summed E-state index contributed by atoms with van der Waals surface area (Å²) in [7, 11) is 3.27. The lowest BCUT2D eigenvalue weighted by Gasteiger charge is -2.05. The van der Waals surface area contributed by atoms with Crippen molar-refractivity contribution in [3.8, 4) is 22.8 Å². The molecule has 1 heterocycles. The predicted octanol–water partition coefficient (Wildman–Crippen LogP) is 3.65. The average molecular weight is 380 g/mol. The van der Waals surface area contributed by atoms with Crippen LogP contribution in [-0.4, -0.2) is 31.7 Å². The summed E-state index contributed by atoms with van der Waals surface area (Å²) in [4.78, 5) is 16.3. The van der Waals surface area contributed by atoms with Crippen molar-refractivity contribution in [2.45, 2.75) is 19.3 Å². The molecule has 0 saturated carbocycles. The van der Waals surface area contributed by atoms with E-state index in [0.29, 0.717) is 31.0 Å². The van der Waals surface area contributed by atoms with Crippen molar-refractivity contribution < 1.29 is 18.7 Å². The van der Waals surface area contributed by atoms with Crippen LogP contribution in [0.25, 0.3) is 11.3 Å². The van der Waals surface area contributed by atoms with Gasteiger partial charge in [-0.1, -0.05) is 12.1 Å². The maximum Gasteiger partial charge on any atom is 0.220 e. The van der Waals surface area contributed by atoms with E-state index in [-0.39, 0.29) is 5.91 Å². The average Bonchev–Trinajstić information content (AvgIpc) is 3.22. The van der Waals surface area contributed by atoms with Gasteiger partial charge < -0.3 is 19.2 Å². The molecule has 3 rings (SSSR count). The number of aromatic nitrogens is 1. The van der Waals surface area contributed by atoms with Crippen molar-refractivity contribution in [2.75, 3.05) is 20.8 Å². The van der Waals surface area contributed by atoms with Crippen molar-refractivity contribution in [3.63, 3.8) is 0 Å². The summed E-state index contributed by atoms with van der Waals surface area (Å²) in [6.45, 7) is 0.591. The van der Waals surface area contributed by atoms with Gasteiger partial charge in [0.2, 0.25) is 5.91 Å². The number of rotatable bonds is 9. The SMILES string of the molecule is COc1ccc(CCNC(=O)CCc2ncc(-c3ccc(OC)cc3)o2)cc1. The number of aryl methyl sites for hydroxylation is 1. The summed E-state index contributed by atoms with van der Waals surface area (Å²) in [6.07, 6.45) is 3.25. The molecule has 1 aromatic heterocycles. The quantitative estimate of drug-likeness (QED) is 0.613. The molecule has 0 fully saturated rings. The van der Waals surface area contributed by atoms with Crippen LogP contribution in [0.3, 0.4) is 0 Å². The topological polar surface area (TPSA) is 73.6 Å². The van der Waals surface area contributed by atoms with Crippen molar-refractivity contribution in [1.82, 2.24) is 10.3 Å². The Morgan fingerprint density at radius 3 is 2.25 bits per heavy atom. The van der Waals surface area contributed by atoms with Crippen LogP contribution in [0.1, 0.15) is 17.9 Å².